The molecule has 0 atom stereocenters. The Labute approximate surface area is 118 Å². The van der Waals surface area contributed by atoms with Crippen LogP contribution >= 0.6 is 0 Å². The van der Waals surface area contributed by atoms with Gasteiger partial charge in [-0.15, -0.1) is 0 Å². The van der Waals surface area contributed by atoms with Crippen LogP contribution in [0.2, 0.25) is 0 Å². The van der Waals surface area contributed by atoms with Crippen LogP contribution in [0.3, 0.4) is 0 Å². The van der Waals surface area contributed by atoms with Gasteiger partial charge in [0, 0.05) is 0 Å². The van der Waals surface area contributed by atoms with Crippen molar-refractivity contribution in [1.82, 2.24) is 0 Å². The lowest BCUT2D eigenvalue weighted by Crippen LogP contribution is -1.83. The number of hydrogen-bond acceptors (Lipinski definition) is 0. The fourth-order valence-corrected chi connectivity index (χ4v) is 2.81. The first-order chi connectivity index (χ1) is 9.93. The molecule has 4 aromatic rings. The van der Waals surface area contributed by atoms with Crippen LogP contribution in [0.5, 0.6) is 0 Å². The maximum absolute atomic E-state index is 3.46. The summed E-state index contributed by atoms with van der Waals surface area (Å²) in [6.45, 7) is 0. The van der Waals surface area contributed by atoms with Gasteiger partial charge < -0.3 is 0 Å². The molecule has 0 heteroatoms. The van der Waals surface area contributed by atoms with Crippen molar-refractivity contribution < 1.29 is 0 Å². The minimum atomic E-state index is 1.19. The zero-order valence-corrected chi connectivity index (χ0v) is 11.0. The first kappa shape index (κ1) is 11.2. The molecule has 0 saturated carbocycles. The minimum absolute atomic E-state index is 1.19. The summed E-state index contributed by atoms with van der Waals surface area (Å²) in [6, 6.07) is 31.0. The van der Waals surface area contributed by atoms with Gasteiger partial charge in [0.05, 0.1) is 0 Å². The topological polar surface area (TPSA) is 0 Å². The van der Waals surface area contributed by atoms with Gasteiger partial charge in [-0.2, -0.15) is 0 Å². The summed E-state index contributed by atoms with van der Waals surface area (Å²) in [5.41, 5.74) is 2.48. The quantitative estimate of drug-likeness (QED) is 0.395. The van der Waals surface area contributed by atoms with Gasteiger partial charge in [-0.3, -0.25) is 0 Å². The van der Waals surface area contributed by atoms with Gasteiger partial charge in [0.1, 0.15) is 0 Å². The molecule has 0 N–H and O–H groups in total. The molecule has 0 aliphatic heterocycles. The van der Waals surface area contributed by atoms with Crippen LogP contribution in [0.4, 0.5) is 0 Å². The molecule has 0 bridgehead atoms. The molecular weight excluding hydrogens is 240 g/mol. The van der Waals surface area contributed by atoms with Gasteiger partial charge >= 0.3 is 0 Å². The Kier molecular flexibility index (Phi) is 2.53. The third kappa shape index (κ3) is 1.70. The summed E-state index contributed by atoms with van der Waals surface area (Å²) < 4.78 is 0. The first-order valence-electron chi connectivity index (χ1n) is 6.81. The van der Waals surface area contributed by atoms with E-state index in [-0.39, 0.29) is 0 Å². The first-order valence-corrected chi connectivity index (χ1v) is 6.81. The number of hydrogen-bond donors (Lipinski definition) is 0. The van der Waals surface area contributed by atoms with Crippen molar-refractivity contribution in [3.63, 3.8) is 0 Å². The van der Waals surface area contributed by atoms with Crippen molar-refractivity contribution in [2.45, 2.75) is 0 Å². The fourth-order valence-electron chi connectivity index (χ4n) is 2.81. The predicted molar refractivity (Wildman–Crippen MR) is 85.7 cm³/mol. The fraction of sp³-hybridized carbons (Fsp3) is 0. The number of benzene rings is 4. The Morgan fingerprint density at radius 1 is 0.600 bits per heavy atom. The molecule has 20 heavy (non-hydrogen) atoms. The highest BCUT2D eigenvalue weighted by atomic mass is 14.1. The summed E-state index contributed by atoms with van der Waals surface area (Å²) >= 11 is 0. The average Bonchev–Trinajstić information content (AvgIpc) is 2.55. The van der Waals surface area contributed by atoms with Gasteiger partial charge in [0.2, 0.25) is 0 Å². The highest BCUT2D eigenvalue weighted by Gasteiger charge is 2.06. The molecular formula is C20H13. The molecule has 0 amide bonds. The summed E-state index contributed by atoms with van der Waals surface area (Å²) in [7, 11) is 0. The molecule has 0 nitrogen and oxygen atoms in total. The smallest absolute Gasteiger partial charge is 0.00201 e. The average molecular weight is 253 g/mol. The van der Waals surface area contributed by atoms with E-state index in [4.69, 9.17) is 0 Å². The molecule has 0 aromatic heterocycles. The zero-order valence-electron chi connectivity index (χ0n) is 11.0. The van der Waals surface area contributed by atoms with Crippen LogP contribution in [0, 0.1) is 6.07 Å². The van der Waals surface area contributed by atoms with Crippen molar-refractivity contribution in [2.75, 3.05) is 0 Å². The van der Waals surface area contributed by atoms with E-state index >= 15 is 0 Å². The van der Waals surface area contributed by atoms with Crippen molar-refractivity contribution in [3.05, 3.63) is 84.9 Å². The lowest BCUT2D eigenvalue weighted by atomic mass is 9.95. The molecule has 0 heterocycles. The van der Waals surface area contributed by atoms with E-state index < -0.39 is 0 Å². The second-order valence-electron chi connectivity index (χ2n) is 4.97. The second kappa shape index (κ2) is 4.50. The summed E-state index contributed by atoms with van der Waals surface area (Å²) in [6.07, 6.45) is 0. The highest BCUT2D eigenvalue weighted by molar-refractivity contribution is 6.11. The lowest BCUT2D eigenvalue weighted by molar-refractivity contribution is 1.66. The Balaban J connectivity index is 2.12. The molecule has 0 aliphatic rings. The van der Waals surface area contributed by atoms with Crippen LogP contribution in [0.15, 0.2) is 78.9 Å². The van der Waals surface area contributed by atoms with E-state index in [9.17, 15) is 0 Å². The largest absolute Gasteiger partial charge is 0.0622 e. The van der Waals surface area contributed by atoms with E-state index in [1.807, 2.05) is 6.07 Å². The van der Waals surface area contributed by atoms with Crippen LogP contribution in [-0.4, -0.2) is 0 Å². The summed E-state index contributed by atoms with van der Waals surface area (Å²) in [5, 5.41) is 4.99. The molecule has 93 valence electrons. The zero-order chi connectivity index (χ0) is 13.4. The van der Waals surface area contributed by atoms with Gasteiger partial charge in [-0.25, -0.2) is 0 Å². The Bertz CT molecular complexity index is 889. The van der Waals surface area contributed by atoms with Crippen LogP contribution < -0.4 is 0 Å². The Morgan fingerprint density at radius 3 is 2.25 bits per heavy atom. The van der Waals surface area contributed by atoms with Crippen LogP contribution in [0.1, 0.15) is 0 Å². The van der Waals surface area contributed by atoms with Crippen LogP contribution in [-0.2, 0) is 0 Å². The molecule has 0 saturated heterocycles. The molecule has 4 aromatic carbocycles. The number of fused-ring (bicyclic) bond motifs is 3. The third-order valence-corrected chi connectivity index (χ3v) is 3.77. The van der Waals surface area contributed by atoms with Crippen molar-refractivity contribution in [2.24, 2.45) is 0 Å². The third-order valence-electron chi connectivity index (χ3n) is 3.77. The van der Waals surface area contributed by atoms with E-state index in [1.54, 1.807) is 0 Å². The Hall–Kier alpha value is -2.60. The Morgan fingerprint density at radius 2 is 1.35 bits per heavy atom. The van der Waals surface area contributed by atoms with E-state index in [2.05, 4.69) is 78.9 Å². The van der Waals surface area contributed by atoms with Crippen molar-refractivity contribution in [3.8, 4) is 11.1 Å². The SMILES string of the molecule is [c]1cc2ccccc2c2cccc(-c3ccccc3)c12. The monoisotopic (exact) mass is 253 g/mol. The molecule has 0 spiro atoms. The van der Waals surface area contributed by atoms with Gasteiger partial charge in [-0.05, 0) is 44.8 Å². The van der Waals surface area contributed by atoms with E-state index in [0.29, 0.717) is 0 Å². The summed E-state index contributed by atoms with van der Waals surface area (Å²) in [5.74, 6) is 0. The van der Waals surface area contributed by atoms with Gasteiger partial charge in [0.15, 0.2) is 0 Å². The van der Waals surface area contributed by atoms with Gasteiger partial charge in [0.25, 0.3) is 0 Å². The van der Waals surface area contributed by atoms with Gasteiger partial charge in [-0.1, -0.05) is 72.8 Å². The molecule has 4 rings (SSSR count). The predicted octanol–water partition coefficient (Wildman–Crippen LogP) is 5.46. The molecule has 1 radical (unpaired) electrons. The van der Waals surface area contributed by atoms with E-state index in [0.717, 1.165) is 0 Å². The molecule has 0 unspecified atom stereocenters. The van der Waals surface area contributed by atoms with E-state index in [1.165, 1.54) is 32.7 Å². The lowest BCUT2D eigenvalue weighted by Gasteiger charge is -2.09. The number of rotatable bonds is 1. The van der Waals surface area contributed by atoms with Crippen molar-refractivity contribution >= 4 is 21.5 Å². The normalized spacial score (nSPS) is 11.0. The molecule has 0 aliphatic carbocycles. The molecule has 0 fully saturated rings. The minimum Gasteiger partial charge on any atom is -0.0622 e. The summed E-state index contributed by atoms with van der Waals surface area (Å²) in [4.78, 5) is 0. The maximum Gasteiger partial charge on any atom is -0.00201 e. The standard InChI is InChI=1S/C20H13/c1-2-7-15(8-3-1)18-11-6-12-19-17-10-5-4-9-16(17)13-14-20(18)19/h1-13H. The highest BCUT2D eigenvalue weighted by Crippen LogP contribution is 2.32. The van der Waals surface area contributed by atoms with Crippen LogP contribution in [0.25, 0.3) is 32.7 Å². The maximum atomic E-state index is 3.46. The van der Waals surface area contributed by atoms with Crippen molar-refractivity contribution in [1.29, 1.82) is 0 Å². The second-order valence-corrected chi connectivity index (χ2v) is 4.97.